The summed E-state index contributed by atoms with van der Waals surface area (Å²) >= 11 is 0. The number of nitrogens with zero attached hydrogens (tertiary/aromatic N) is 2. The topological polar surface area (TPSA) is 85.2 Å². The van der Waals surface area contributed by atoms with E-state index in [9.17, 15) is 9.59 Å². The summed E-state index contributed by atoms with van der Waals surface area (Å²) in [5.41, 5.74) is 1.14. The Balaban J connectivity index is 1.73. The van der Waals surface area contributed by atoms with Gasteiger partial charge in [-0.2, -0.15) is 5.10 Å². The molecule has 0 saturated heterocycles. The molecule has 7 heteroatoms. The van der Waals surface area contributed by atoms with E-state index < -0.39 is 6.04 Å². The first-order valence-corrected chi connectivity index (χ1v) is 9.18. The van der Waals surface area contributed by atoms with Crippen LogP contribution in [0.2, 0.25) is 0 Å². The second-order valence-corrected chi connectivity index (χ2v) is 6.81. The zero-order chi connectivity index (χ0) is 19.6. The van der Waals surface area contributed by atoms with Gasteiger partial charge in [-0.05, 0) is 36.5 Å². The Kier molecular flexibility index (Phi) is 7.85. The highest BCUT2D eigenvalue weighted by Crippen LogP contribution is 2.08. The molecule has 1 aromatic heterocycles. The summed E-state index contributed by atoms with van der Waals surface area (Å²) in [6.07, 6.45) is 5.45. The van der Waals surface area contributed by atoms with Crippen molar-refractivity contribution in [2.24, 2.45) is 13.0 Å². The van der Waals surface area contributed by atoms with Gasteiger partial charge < -0.3 is 15.4 Å². The Morgan fingerprint density at radius 1 is 1.22 bits per heavy atom. The number of hydrogen-bond donors (Lipinski definition) is 2. The number of rotatable bonds is 10. The van der Waals surface area contributed by atoms with E-state index in [1.165, 1.54) is 0 Å². The van der Waals surface area contributed by atoms with Gasteiger partial charge in [0.1, 0.15) is 11.8 Å². The average Bonchev–Trinajstić information content (AvgIpc) is 3.07. The van der Waals surface area contributed by atoms with Crippen molar-refractivity contribution in [2.45, 2.75) is 32.7 Å². The number of aromatic nitrogens is 2. The Morgan fingerprint density at radius 2 is 1.96 bits per heavy atom. The molecule has 2 aromatic rings. The second kappa shape index (κ2) is 10.4. The van der Waals surface area contributed by atoms with Crippen molar-refractivity contribution in [1.82, 2.24) is 20.4 Å². The number of para-hydroxylation sites is 1. The van der Waals surface area contributed by atoms with Gasteiger partial charge in [0.25, 0.3) is 5.91 Å². The maximum Gasteiger partial charge on any atom is 0.258 e. The van der Waals surface area contributed by atoms with Crippen LogP contribution in [-0.2, 0) is 23.1 Å². The molecule has 146 valence electrons. The third-order valence-corrected chi connectivity index (χ3v) is 4.08. The van der Waals surface area contributed by atoms with Crippen LogP contribution in [0.1, 0.15) is 25.8 Å². The van der Waals surface area contributed by atoms with Crippen LogP contribution in [0, 0.1) is 5.92 Å². The molecule has 0 aliphatic heterocycles. The SMILES string of the molecule is CC(C)C(NC(=O)COc1ccccc1)C(=O)NCCCc1cnn(C)c1. The number of carbonyl (C=O) groups excluding carboxylic acids is 2. The molecule has 2 rings (SSSR count). The fraction of sp³-hybridized carbons (Fsp3) is 0.450. The van der Waals surface area contributed by atoms with Gasteiger partial charge in [0.2, 0.25) is 5.91 Å². The first kappa shape index (κ1) is 20.5. The van der Waals surface area contributed by atoms with Gasteiger partial charge in [0, 0.05) is 19.8 Å². The Morgan fingerprint density at radius 3 is 2.59 bits per heavy atom. The van der Waals surface area contributed by atoms with Crippen LogP contribution >= 0.6 is 0 Å². The summed E-state index contributed by atoms with van der Waals surface area (Å²) in [5.74, 6) is 0.102. The van der Waals surface area contributed by atoms with Crippen molar-refractivity contribution in [1.29, 1.82) is 0 Å². The van der Waals surface area contributed by atoms with E-state index in [4.69, 9.17) is 4.74 Å². The van der Waals surface area contributed by atoms with Crippen LogP contribution in [-0.4, -0.2) is 40.8 Å². The Labute approximate surface area is 160 Å². The lowest BCUT2D eigenvalue weighted by Crippen LogP contribution is -2.51. The average molecular weight is 372 g/mol. The number of aryl methyl sites for hydroxylation is 2. The van der Waals surface area contributed by atoms with E-state index in [0.29, 0.717) is 12.3 Å². The molecule has 0 aliphatic carbocycles. The van der Waals surface area contributed by atoms with E-state index in [-0.39, 0.29) is 24.3 Å². The zero-order valence-corrected chi connectivity index (χ0v) is 16.1. The van der Waals surface area contributed by atoms with Crippen molar-refractivity contribution >= 4 is 11.8 Å². The second-order valence-electron chi connectivity index (χ2n) is 6.81. The van der Waals surface area contributed by atoms with Gasteiger partial charge in [-0.3, -0.25) is 14.3 Å². The summed E-state index contributed by atoms with van der Waals surface area (Å²) in [5, 5.41) is 9.78. The highest BCUT2D eigenvalue weighted by atomic mass is 16.5. The number of benzene rings is 1. The molecule has 0 fully saturated rings. The molecule has 0 aliphatic rings. The highest BCUT2D eigenvalue weighted by Gasteiger charge is 2.23. The van der Waals surface area contributed by atoms with E-state index in [2.05, 4.69) is 15.7 Å². The molecule has 2 N–H and O–H groups in total. The van der Waals surface area contributed by atoms with Gasteiger partial charge >= 0.3 is 0 Å². The normalized spacial score (nSPS) is 11.9. The molecule has 27 heavy (non-hydrogen) atoms. The lowest BCUT2D eigenvalue weighted by atomic mass is 10.0. The number of nitrogens with one attached hydrogen (secondary N) is 2. The fourth-order valence-electron chi connectivity index (χ4n) is 2.63. The molecule has 0 radical (unpaired) electrons. The van der Waals surface area contributed by atoms with Crippen molar-refractivity contribution < 1.29 is 14.3 Å². The minimum atomic E-state index is -0.588. The van der Waals surface area contributed by atoms with Crippen LogP contribution in [0.5, 0.6) is 5.75 Å². The van der Waals surface area contributed by atoms with Gasteiger partial charge in [0.15, 0.2) is 6.61 Å². The number of amides is 2. The Bertz CT molecular complexity index is 728. The number of hydrogen-bond acceptors (Lipinski definition) is 4. The lowest BCUT2D eigenvalue weighted by molar-refractivity contribution is -0.131. The number of ether oxygens (including phenoxy) is 1. The molecule has 0 spiro atoms. The quantitative estimate of drug-likeness (QED) is 0.622. The summed E-state index contributed by atoms with van der Waals surface area (Å²) < 4.78 is 7.19. The summed E-state index contributed by atoms with van der Waals surface area (Å²) in [4.78, 5) is 24.6. The maximum absolute atomic E-state index is 12.4. The van der Waals surface area contributed by atoms with Crippen molar-refractivity contribution in [3.8, 4) is 5.75 Å². The zero-order valence-electron chi connectivity index (χ0n) is 16.1. The van der Waals surface area contributed by atoms with Crippen molar-refractivity contribution in [2.75, 3.05) is 13.2 Å². The summed E-state index contributed by atoms with van der Waals surface area (Å²) in [6.45, 7) is 4.23. The smallest absolute Gasteiger partial charge is 0.258 e. The van der Waals surface area contributed by atoms with Crippen molar-refractivity contribution in [3.05, 3.63) is 48.3 Å². The first-order valence-electron chi connectivity index (χ1n) is 9.18. The van der Waals surface area contributed by atoms with Gasteiger partial charge in [-0.25, -0.2) is 0 Å². The molecular weight excluding hydrogens is 344 g/mol. The molecule has 0 bridgehead atoms. The minimum Gasteiger partial charge on any atom is -0.484 e. The van der Waals surface area contributed by atoms with Crippen LogP contribution in [0.3, 0.4) is 0 Å². The van der Waals surface area contributed by atoms with Crippen LogP contribution < -0.4 is 15.4 Å². The monoisotopic (exact) mass is 372 g/mol. The van der Waals surface area contributed by atoms with Gasteiger partial charge in [-0.15, -0.1) is 0 Å². The lowest BCUT2D eigenvalue weighted by Gasteiger charge is -2.21. The third-order valence-electron chi connectivity index (χ3n) is 4.08. The van der Waals surface area contributed by atoms with E-state index in [1.807, 2.05) is 51.5 Å². The molecule has 7 nitrogen and oxygen atoms in total. The van der Waals surface area contributed by atoms with Gasteiger partial charge in [0.05, 0.1) is 6.20 Å². The van der Waals surface area contributed by atoms with Crippen LogP contribution in [0.25, 0.3) is 0 Å². The third kappa shape index (κ3) is 7.13. The van der Waals surface area contributed by atoms with Crippen molar-refractivity contribution in [3.63, 3.8) is 0 Å². The standard InChI is InChI=1S/C20H28N4O3/c1-15(2)19(23-18(25)14-27-17-9-5-4-6-10-17)20(26)21-11-7-8-16-12-22-24(3)13-16/h4-6,9-10,12-13,15,19H,7-8,11,14H2,1-3H3,(H,21,26)(H,23,25). The molecule has 1 unspecified atom stereocenters. The predicted octanol–water partition coefficient (Wildman–Crippen LogP) is 1.69. The molecule has 0 saturated carbocycles. The first-order chi connectivity index (χ1) is 13.0. The van der Waals surface area contributed by atoms with E-state index in [1.54, 1.807) is 16.8 Å². The molecule has 1 aromatic carbocycles. The molecular formula is C20H28N4O3. The largest absolute Gasteiger partial charge is 0.484 e. The highest BCUT2D eigenvalue weighted by molar-refractivity contribution is 5.88. The summed E-state index contributed by atoms with van der Waals surface area (Å²) in [7, 11) is 1.88. The minimum absolute atomic E-state index is 0.0241. The molecule has 2 amide bonds. The predicted molar refractivity (Wildman–Crippen MR) is 103 cm³/mol. The fourth-order valence-corrected chi connectivity index (χ4v) is 2.63. The molecule has 1 atom stereocenters. The maximum atomic E-state index is 12.4. The van der Waals surface area contributed by atoms with E-state index in [0.717, 1.165) is 18.4 Å². The number of carbonyl (C=O) groups is 2. The molecule has 1 heterocycles. The Hall–Kier alpha value is -2.83. The van der Waals surface area contributed by atoms with Crippen LogP contribution in [0.15, 0.2) is 42.7 Å². The van der Waals surface area contributed by atoms with E-state index >= 15 is 0 Å². The van der Waals surface area contributed by atoms with Gasteiger partial charge in [-0.1, -0.05) is 32.0 Å². The van der Waals surface area contributed by atoms with Crippen LogP contribution in [0.4, 0.5) is 0 Å². The summed E-state index contributed by atoms with van der Waals surface area (Å²) in [6, 6.07) is 8.52.